The highest BCUT2D eigenvalue weighted by atomic mass is 79.9. The molecule has 0 radical (unpaired) electrons. The Morgan fingerprint density at radius 1 is 1.43 bits per heavy atom. The van der Waals surface area contributed by atoms with E-state index >= 15 is 0 Å². The number of aryl methyl sites for hydroxylation is 1. The van der Waals surface area contributed by atoms with Crippen molar-refractivity contribution in [3.8, 4) is 0 Å². The monoisotopic (exact) mass is 370 g/mol. The van der Waals surface area contributed by atoms with Crippen LogP contribution in [0.15, 0.2) is 33.7 Å². The lowest BCUT2D eigenvalue weighted by Crippen LogP contribution is -2.26. The maximum atomic E-state index is 12.0. The van der Waals surface area contributed by atoms with E-state index in [2.05, 4.69) is 21.2 Å². The van der Waals surface area contributed by atoms with Gasteiger partial charge in [0.25, 0.3) is 5.56 Å². The smallest absolute Gasteiger partial charge is 0.338 e. The first-order valence-electron chi connectivity index (χ1n) is 5.86. The number of hydrogen-bond acceptors (Lipinski definition) is 4. The molecule has 0 unspecified atom stereocenters. The van der Waals surface area contributed by atoms with E-state index in [9.17, 15) is 14.4 Å². The first-order chi connectivity index (χ1) is 9.86. The van der Waals surface area contributed by atoms with Crippen LogP contribution in [-0.2, 0) is 11.3 Å². The first kappa shape index (κ1) is 15.5. The summed E-state index contributed by atoms with van der Waals surface area (Å²) in [5, 5.41) is 11.9. The minimum Gasteiger partial charge on any atom is -0.478 e. The average molecular weight is 371 g/mol. The van der Waals surface area contributed by atoms with E-state index in [1.54, 1.807) is 13.0 Å². The molecule has 110 valence electrons. The van der Waals surface area contributed by atoms with Crippen LogP contribution in [0.2, 0.25) is 0 Å². The highest BCUT2D eigenvalue weighted by molar-refractivity contribution is 9.10. The highest BCUT2D eigenvalue weighted by Crippen LogP contribution is 2.27. The van der Waals surface area contributed by atoms with Gasteiger partial charge in [0.1, 0.15) is 11.5 Å². The van der Waals surface area contributed by atoms with Crippen LogP contribution in [0.1, 0.15) is 15.2 Å². The summed E-state index contributed by atoms with van der Waals surface area (Å²) in [5.41, 5.74) is -0.262. The maximum Gasteiger partial charge on any atom is 0.338 e. The third-order valence-electron chi connectivity index (χ3n) is 2.60. The van der Waals surface area contributed by atoms with Crippen LogP contribution < -0.4 is 10.9 Å². The summed E-state index contributed by atoms with van der Waals surface area (Å²) >= 11 is 4.40. The Morgan fingerprint density at radius 2 is 2.14 bits per heavy atom. The predicted molar refractivity (Wildman–Crippen MR) is 83.0 cm³/mol. The molecule has 0 saturated heterocycles. The SMILES string of the molecule is Cc1cc(C(=O)O)c(NC(=O)Cn2cc(Br)ccc2=O)s1. The fourth-order valence-corrected chi connectivity index (χ4v) is 3.01. The van der Waals surface area contributed by atoms with E-state index in [-0.39, 0.29) is 22.7 Å². The van der Waals surface area contributed by atoms with E-state index < -0.39 is 11.9 Å². The molecule has 0 bridgehead atoms. The topological polar surface area (TPSA) is 88.4 Å². The van der Waals surface area contributed by atoms with Crippen molar-refractivity contribution in [3.05, 3.63) is 49.7 Å². The van der Waals surface area contributed by atoms with Crippen LogP contribution in [-0.4, -0.2) is 21.6 Å². The zero-order valence-corrected chi connectivity index (χ0v) is 13.3. The predicted octanol–water partition coefficient (Wildman–Crippen LogP) is 2.32. The molecule has 2 heterocycles. The second-order valence-electron chi connectivity index (χ2n) is 4.27. The third kappa shape index (κ3) is 3.79. The molecule has 0 fully saturated rings. The van der Waals surface area contributed by atoms with Crippen LogP contribution in [0.3, 0.4) is 0 Å². The van der Waals surface area contributed by atoms with Crippen molar-refractivity contribution in [2.45, 2.75) is 13.5 Å². The Morgan fingerprint density at radius 3 is 2.81 bits per heavy atom. The van der Waals surface area contributed by atoms with Crippen LogP contribution in [0.4, 0.5) is 5.00 Å². The summed E-state index contributed by atoms with van der Waals surface area (Å²) in [6.07, 6.45) is 1.50. The zero-order valence-electron chi connectivity index (χ0n) is 10.9. The van der Waals surface area contributed by atoms with E-state index in [4.69, 9.17) is 5.11 Å². The van der Waals surface area contributed by atoms with Gasteiger partial charge in [-0.1, -0.05) is 0 Å². The van der Waals surface area contributed by atoms with Crippen molar-refractivity contribution in [2.24, 2.45) is 0 Å². The Labute approximate surface area is 132 Å². The van der Waals surface area contributed by atoms with Gasteiger partial charge >= 0.3 is 5.97 Å². The van der Waals surface area contributed by atoms with Crippen molar-refractivity contribution < 1.29 is 14.7 Å². The van der Waals surface area contributed by atoms with Crippen molar-refractivity contribution in [3.63, 3.8) is 0 Å². The molecule has 2 aromatic rings. The summed E-state index contributed by atoms with van der Waals surface area (Å²) in [6.45, 7) is 1.57. The summed E-state index contributed by atoms with van der Waals surface area (Å²) < 4.78 is 1.91. The molecule has 0 aliphatic rings. The molecule has 0 atom stereocenters. The van der Waals surface area contributed by atoms with Crippen LogP contribution >= 0.6 is 27.3 Å². The molecule has 0 saturated carbocycles. The van der Waals surface area contributed by atoms with Crippen LogP contribution in [0.5, 0.6) is 0 Å². The Bertz CT molecular complexity index is 766. The second kappa shape index (κ2) is 6.23. The van der Waals surface area contributed by atoms with Gasteiger partial charge in [-0.15, -0.1) is 11.3 Å². The minimum atomic E-state index is -1.10. The van der Waals surface area contributed by atoms with Gasteiger partial charge in [0, 0.05) is 21.6 Å². The third-order valence-corrected chi connectivity index (χ3v) is 4.03. The van der Waals surface area contributed by atoms with E-state index in [1.807, 2.05) is 0 Å². The number of nitrogens with one attached hydrogen (secondary N) is 1. The number of anilines is 1. The molecule has 8 heteroatoms. The van der Waals surface area contributed by atoms with Crippen molar-refractivity contribution in [1.82, 2.24) is 4.57 Å². The number of carbonyl (C=O) groups excluding carboxylic acids is 1. The summed E-state index contributed by atoms with van der Waals surface area (Å²) in [7, 11) is 0. The van der Waals surface area contributed by atoms with Gasteiger partial charge in [-0.05, 0) is 35.0 Å². The molecule has 6 nitrogen and oxygen atoms in total. The summed E-state index contributed by atoms with van der Waals surface area (Å²) in [6, 6.07) is 4.42. The van der Waals surface area contributed by atoms with Crippen molar-refractivity contribution in [2.75, 3.05) is 5.32 Å². The van der Waals surface area contributed by atoms with E-state index in [1.165, 1.54) is 34.2 Å². The number of aromatic nitrogens is 1. The number of halogens is 1. The van der Waals surface area contributed by atoms with Gasteiger partial charge < -0.3 is 15.0 Å². The van der Waals surface area contributed by atoms with Gasteiger partial charge in [-0.2, -0.15) is 0 Å². The Balaban J connectivity index is 2.17. The van der Waals surface area contributed by atoms with Crippen molar-refractivity contribution >= 4 is 44.1 Å². The standard InChI is InChI=1S/C13H11BrN2O4S/c1-7-4-9(13(19)20)12(21-7)15-10(17)6-16-5-8(14)2-3-11(16)18/h2-5H,6H2,1H3,(H,15,17)(H,19,20). The number of pyridine rings is 1. The fourth-order valence-electron chi connectivity index (χ4n) is 1.71. The highest BCUT2D eigenvalue weighted by Gasteiger charge is 2.16. The van der Waals surface area contributed by atoms with Crippen LogP contribution in [0.25, 0.3) is 0 Å². The van der Waals surface area contributed by atoms with Crippen LogP contribution in [0, 0.1) is 6.92 Å². The molecule has 0 aromatic carbocycles. The first-order valence-corrected chi connectivity index (χ1v) is 7.47. The van der Waals surface area contributed by atoms with Crippen molar-refractivity contribution in [1.29, 1.82) is 0 Å². The van der Waals surface area contributed by atoms with E-state index in [0.29, 0.717) is 4.47 Å². The second-order valence-corrected chi connectivity index (χ2v) is 6.44. The van der Waals surface area contributed by atoms with Gasteiger partial charge in [0.2, 0.25) is 5.91 Å². The van der Waals surface area contributed by atoms with Gasteiger partial charge in [0.05, 0.1) is 5.56 Å². The normalized spacial score (nSPS) is 10.4. The molecule has 2 aromatic heterocycles. The molecule has 0 aliphatic heterocycles. The molecular formula is C13H11BrN2O4S. The molecular weight excluding hydrogens is 360 g/mol. The maximum absolute atomic E-state index is 12.0. The largest absolute Gasteiger partial charge is 0.478 e. The molecule has 21 heavy (non-hydrogen) atoms. The molecule has 0 aliphatic carbocycles. The number of rotatable bonds is 4. The summed E-state index contributed by atoms with van der Waals surface area (Å²) in [4.78, 5) is 35.4. The number of carbonyl (C=O) groups is 2. The average Bonchev–Trinajstić information content (AvgIpc) is 2.75. The minimum absolute atomic E-state index is 0.0486. The number of nitrogens with zero attached hydrogens (tertiary/aromatic N) is 1. The lowest BCUT2D eigenvalue weighted by Gasteiger charge is -2.07. The molecule has 0 spiro atoms. The lowest BCUT2D eigenvalue weighted by molar-refractivity contribution is -0.116. The molecule has 1 amide bonds. The summed E-state index contributed by atoms with van der Waals surface area (Å²) in [5.74, 6) is -1.56. The molecule has 2 N–H and O–H groups in total. The van der Waals surface area contributed by atoms with E-state index in [0.717, 1.165) is 4.88 Å². The number of aromatic carboxylic acids is 1. The number of amides is 1. The number of thiophene rings is 1. The molecule has 2 rings (SSSR count). The van der Waals surface area contributed by atoms with Gasteiger partial charge in [0.15, 0.2) is 0 Å². The lowest BCUT2D eigenvalue weighted by atomic mass is 10.3. The number of hydrogen-bond donors (Lipinski definition) is 2. The number of carboxylic acids is 1. The zero-order chi connectivity index (χ0) is 15.6. The Kier molecular flexibility index (Phi) is 4.59. The van der Waals surface area contributed by atoms with Gasteiger partial charge in [-0.25, -0.2) is 4.79 Å². The quantitative estimate of drug-likeness (QED) is 0.864. The fraction of sp³-hybridized carbons (Fsp3) is 0.154. The Hall–Kier alpha value is -1.93. The number of carboxylic acid groups (broad SMARTS) is 1. The van der Waals surface area contributed by atoms with Gasteiger partial charge in [-0.3, -0.25) is 9.59 Å².